The van der Waals surface area contributed by atoms with Crippen LogP contribution in [0.5, 0.6) is 0 Å². The molecule has 1 heterocycles. The first-order valence-electron chi connectivity index (χ1n) is 4.48. The number of piperidine rings is 1. The van der Waals surface area contributed by atoms with Gasteiger partial charge < -0.3 is 5.11 Å². The van der Waals surface area contributed by atoms with Gasteiger partial charge in [-0.2, -0.15) is 0 Å². The summed E-state index contributed by atoms with van der Waals surface area (Å²) in [4.78, 5) is 2.21. The molecule has 2 atom stereocenters. The Balaban J connectivity index is 2.37. The normalized spacial score (nSPS) is 32.2. The van der Waals surface area contributed by atoms with Crippen LogP contribution >= 0.6 is 23.2 Å². The molecule has 13 heavy (non-hydrogen) atoms. The molecule has 2 unspecified atom stereocenters. The second kappa shape index (κ2) is 5.20. The van der Waals surface area contributed by atoms with Gasteiger partial charge in [-0.1, -0.05) is 30.1 Å². The Morgan fingerprint density at radius 2 is 2.38 bits per heavy atom. The fourth-order valence-electron chi connectivity index (χ4n) is 1.61. The van der Waals surface area contributed by atoms with E-state index in [4.69, 9.17) is 23.2 Å². The van der Waals surface area contributed by atoms with Crippen LogP contribution in [-0.2, 0) is 0 Å². The van der Waals surface area contributed by atoms with E-state index in [-0.39, 0.29) is 6.10 Å². The first-order chi connectivity index (χ1) is 6.13. The summed E-state index contributed by atoms with van der Waals surface area (Å²) in [6.45, 7) is 4.53. The Bertz CT molecular complexity index is 196. The molecule has 0 aliphatic carbocycles. The summed E-state index contributed by atoms with van der Waals surface area (Å²) < 4.78 is 0. The van der Waals surface area contributed by atoms with E-state index in [9.17, 15) is 5.11 Å². The number of aliphatic hydroxyl groups excluding tert-OH is 1. The lowest BCUT2D eigenvalue weighted by molar-refractivity contribution is 0.0393. The molecule has 1 fully saturated rings. The molecular weight excluding hydrogens is 209 g/mol. The Morgan fingerprint density at radius 3 is 2.92 bits per heavy atom. The molecule has 0 saturated carbocycles. The SMILES string of the molecule is CC1CN(CC(Cl)=CCl)CCC1O. The molecule has 1 N–H and O–H groups in total. The first-order valence-corrected chi connectivity index (χ1v) is 5.30. The summed E-state index contributed by atoms with van der Waals surface area (Å²) in [6, 6.07) is 0. The zero-order valence-corrected chi connectivity index (χ0v) is 9.22. The van der Waals surface area contributed by atoms with Gasteiger partial charge in [0.2, 0.25) is 0 Å². The zero-order chi connectivity index (χ0) is 9.84. The maximum Gasteiger partial charge on any atom is 0.0590 e. The van der Waals surface area contributed by atoms with Crippen molar-refractivity contribution in [2.24, 2.45) is 5.92 Å². The Labute approximate surface area is 89.1 Å². The Kier molecular flexibility index (Phi) is 4.53. The third-order valence-electron chi connectivity index (χ3n) is 2.44. The van der Waals surface area contributed by atoms with Crippen molar-refractivity contribution in [3.63, 3.8) is 0 Å². The van der Waals surface area contributed by atoms with Crippen LogP contribution in [0.3, 0.4) is 0 Å². The van der Waals surface area contributed by atoms with Crippen molar-refractivity contribution in [2.75, 3.05) is 19.6 Å². The predicted octanol–water partition coefficient (Wildman–Crippen LogP) is 2.01. The van der Waals surface area contributed by atoms with E-state index in [2.05, 4.69) is 11.8 Å². The average molecular weight is 224 g/mol. The van der Waals surface area contributed by atoms with Crippen LogP contribution < -0.4 is 0 Å². The summed E-state index contributed by atoms with van der Waals surface area (Å²) in [5.41, 5.74) is 1.40. The topological polar surface area (TPSA) is 23.5 Å². The number of aliphatic hydroxyl groups is 1. The zero-order valence-electron chi connectivity index (χ0n) is 7.71. The first kappa shape index (κ1) is 11.3. The second-order valence-electron chi connectivity index (χ2n) is 3.62. The van der Waals surface area contributed by atoms with Gasteiger partial charge in [0, 0.05) is 30.2 Å². The van der Waals surface area contributed by atoms with Gasteiger partial charge in [0.1, 0.15) is 0 Å². The number of hydrogen-bond acceptors (Lipinski definition) is 2. The van der Waals surface area contributed by atoms with Crippen molar-refractivity contribution in [3.8, 4) is 0 Å². The van der Waals surface area contributed by atoms with Crippen LogP contribution in [0, 0.1) is 5.92 Å². The van der Waals surface area contributed by atoms with Crippen LogP contribution in [0.2, 0.25) is 0 Å². The highest BCUT2D eigenvalue weighted by Crippen LogP contribution is 2.18. The van der Waals surface area contributed by atoms with Crippen molar-refractivity contribution in [1.82, 2.24) is 4.90 Å². The highest BCUT2D eigenvalue weighted by molar-refractivity contribution is 6.36. The lowest BCUT2D eigenvalue weighted by Crippen LogP contribution is -2.42. The quantitative estimate of drug-likeness (QED) is 0.775. The van der Waals surface area contributed by atoms with Gasteiger partial charge in [0.05, 0.1) is 6.10 Å². The third kappa shape index (κ3) is 3.47. The third-order valence-corrected chi connectivity index (χ3v) is 3.04. The van der Waals surface area contributed by atoms with E-state index < -0.39 is 0 Å². The van der Waals surface area contributed by atoms with Crippen LogP contribution in [0.1, 0.15) is 13.3 Å². The molecule has 0 radical (unpaired) electrons. The molecule has 76 valence electrons. The largest absolute Gasteiger partial charge is 0.393 e. The molecule has 0 bridgehead atoms. The van der Waals surface area contributed by atoms with Crippen LogP contribution in [0.4, 0.5) is 0 Å². The molecule has 4 heteroatoms. The van der Waals surface area contributed by atoms with Gasteiger partial charge in [0.15, 0.2) is 0 Å². The molecule has 1 aliphatic heterocycles. The monoisotopic (exact) mass is 223 g/mol. The van der Waals surface area contributed by atoms with Crippen molar-refractivity contribution >= 4 is 23.2 Å². The van der Waals surface area contributed by atoms with E-state index in [0.29, 0.717) is 17.5 Å². The summed E-state index contributed by atoms with van der Waals surface area (Å²) in [6.07, 6.45) is 0.670. The van der Waals surface area contributed by atoms with E-state index in [1.807, 2.05) is 0 Å². The molecule has 0 amide bonds. The second-order valence-corrected chi connectivity index (χ2v) is 4.33. The summed E-state index contributed by atoms with van der Waals surface area (Å²) >= 11 is 11.3. The summed E-state index contributed by atoms with van der Waals surface area (Å²) in [5, 5.41) is 10.1. The number of likely N-dealkylation sites (tertiary alicyclic amines) is 1. The molecule has 0 aromatic rings. The van der Waals surface area contributed by atoms with E-state index in [1.54, 1.807) is 0 Å². The number of rotatable bonds is 2. The van der Waals surface area contributed by atoms with Gasteiger partial charge in [-0.3, -0.25) is 4.90 Å². The fraction of sp³-hybridized carbons (Fsp3) is 0.778. The minimum atomic E-state index is -0.157. The van der Waals surface area contributed by atoms with Crippen LogP contribution in [0.25, 0.3) is 0 Å². The minimum absolute atomic E-state index is 0.157. The number of hydrogen-bond donors (Lipinski definition) is 1. The van der Waals surface area contributed by atoms with Gasteiger partial charge in [0.25, 0.3) is 0 Å². The lowest BCUT2D eigenvalue weighted by Gasteiger charge is -2.34. The number of halogens is 2. The van der Waals surface area contributed by atoms with Gasteiger partial charge in [-0.25, -0.2) is 0 Å². The fourth-order valence-corrected chi connectivity index (χ4v) is 1.85. The molecular formula is C9H15Cl2NO. The van der Waals surface area contributed by atoms with Gasteiger partial charge in [-0.15, -0.1) is 0 Å². The molecule has 2 nitrogen and oxygen atoms in total. The number of nitrogens with zero attached hydrogens (tertiary/aromatic N) is 1. The molecule has 1 rings (SSSR count). The summed E-state index contributed by atoms with van der Waals surface area (Å²) in [5.74, 6) is 0.327. The van der Waals surface area contributed by atoms with Crippen LogP contribution in [-0.4, -0.2) is 35.7 Å². The van der Waals surface area contributed by atoms with Crippen molar-refractivity contribution in [3.05, 3.63) is 10.6 Å². The highest BCUT2D eigenvalue weighted by atomic mass is 35.5. The van der Waals surface area contributed by atoms with Crippen molar-refractivity contribution in [1.29, 1.82) is 0 Å². The van der Waals surface area contributed by atoms with Crippen LogP contribution in [0.15, 0.2) is 10.6 Å². The maximum absolute atomic E-state index is 9.49. The van der Waals surface area contributed by atoms with Gasteiger partial charge in [-0.05, 0) is 12.3 Å². The van der Waals surface area contributed by atoms with E-state index in [0.717, 1.165) is 19.5 Å². The predicted molar refractivity (Wildman–Crippen MR) is 56.0 cm³/mol. The minimum Gasteiger partial charge on any atom is -0.393 e. The molecule has 0 aromatic carbocycles. The van der Waals surface area contributed by atoms with E-state index >= 15 is 0 Å². The van der Waals surface area contributed by atoms with E-state index in [1.165, 1.54) is 5.54 Å². The Hall–Kier alpha value is 0.240. The average Bonchev–Trinajstić information content (AvgIpc) is 2.11. The van der Waals surface area contributed by atoms with Crippen molar-refractivity contribution < 1.29 is 5.11 Å². The highest BCUT2D eigenvalue weighted by Gasteiger charge is 2.23. The lowest BCUT2D eigenvalue weighted by atomic mass is 9.97. The standard InChI is InChI=1S/C9H15Cl2NO/c1-7-5-12(3-2-9(7)13)6-8(11)4-10/h4,7,9,13H,2-3,5-6H2,1H3. The smallest absolute Gasteiger partial charge is 0.0590 e. The van der Waals surface area contributed by atoms with Gasteiger partial charge >= 0.3 is 0 Å². The summed E-state index contributed by atoms with van der Waals surface area (Å²) in [7, 11) is 0. The molecule has 1 saturated heterocycles. The molecule has 0 spiro atoms. The molecule has 1 aliphatic rings. The maximum atomic E-state index is 9.49. The Morgan fingerprint density at radius 1 is 1.69 bits per heavy atom. The van der Waals surface area contributed by atoms with Crippen molar-refractivity contribution in [2.45, 2.75) is 19.4 Å². The molecule has 0 aromatic heterocycles.